The molecule has 0 spiro atoms. The molecule has 1 saturated heterocycles. The van der Waals surface area contributed by atoms with E-state index < -0.39 is 0 Å². The Morgan fingerprint density at radius 2 is 2.11 bits per heavy atom. The number of nitrogens with zero attached hydrogens (tertiary/aromatic N) is 1. The van der Waals surface area contributed by atoms with Crippen LogP contribution in [0.1, 0.15) is 30.1 Å². The maximum atomic E-state index is 12.8. The van der Waals surface area contributed by atoms with Crippen LogP contribution >= 0.6 is 0 Å². The molecular weight excluding hydrogens is 245 g/mol. The Bertz CT molecular complexity index is 432. The van der Waals surface area contributed by atoms with Crippen LogP contribution in [0.15, 0.2) is 24.3 Å². The number of hydrogen-bond donors (Lipinski definition) is 0. The molecule has 19 heavy (non-hydrogen) atoms. The maximum absolute atomic E-state index is 12.8. The summed E-state index contributed by atoms with van der Waals surface area (Å²) in [5, 5.41) is 0. The van der Waals surface area contributed by atoms with Crippen LogP contribution in [-0.4, -0.2) is 43.0 Å². The van der Waals surface area contributed by atoms with E-state index in [-0.39, 0.29) is 17.7 Å². The molecule has 4 heteroatoms. The van der Waals surface area contributed by atoms with Crippen molar-refractivity contribution in [1.29, 1.82) is 0 Å². The summed E-state index contributed by atoms with van der Waals surface area (Å²) in [6, 6.07) is 6.12. The number of likely N-dealkylation sites (N-methyl/N-ethyl adjacent to an activating group) is 1. The predicted octanol–water partition coefficient (Wildman–Crippen LogP) is 2.51. The number of ether oxygens (including phenoxy) is 1. The molecule has 104 valence electrons. The first-order chi connectivity index (χ1) is 9.08. The van der Waals surface area contributed by atoms with Gasteiger partial charge in [-0.2, -0.15) is 0 Å². The SMILES string of the molecule is CC1OCCC1N(C)CCC(=O)c1ccc(F)cc1. The van der Waals surface area contributed by atoms with Crippen molar-refractivity contribution in [2.45, 2.75) is 31.9 Å². The molecule has 1 aliphatic rings. The summed E-state index contributed by atoms with van der Waals surface area (Å²) in [5.74, 6) is -0.260. The molecule has 2 atom stereocenters. The summed E-state index contributed by atoms with van der Waals surface area (Å²) >= 11 is 0. The molecule has 0 aromatic heterocycles. The van der Waals surface area contributed by atoms with E-state index in [9.17, 15) is 9.18 Å². The van der Waals surface area contributed by atoms with Crippen molar-refractivity contribution in [3.05, 3.63) is 35.6 Å². The van der Waals surface area contributed by atoms with Crippen LogP contribution in [0.2, 0.25) is 0 Å². The van der Waals surface area contributed by atoms with Gasteiger partial charge < -0.3 is 9.64 Å². The number of hydrogen-bond acceptors (Lipinski definition) is 3. The van der Waals surface area contributed by atoms with Gasteiger partial charge in [0.15, 0.2) is 5.78 Å². The summed E-state index contributed by atoms with van der Waals surface area (Å²) in [6.07, 6.45) is 1.69. The molecule has 3 nitrogen and oxygen atoms in total. The van der Waals surface area contributed by atoms with E-state index in [0.717, 1.165) is 13.0 Å². The molecule has 0 saturated carbocycles. The lowest BCUT2D eigenvalue weighted by Gasteiger charge is -2.26. The van der Waals surface area contributed by atoms with Crippen LogP contribution < -0.4 is 0 Å². The molecule has 2 unspecified atom stereocenters. The Labute approximate surface area is 113 Å². The first-order valence-corrected chi connectivity index (χ1v) is 6.68. The molecule has 1 fully saturated rings. The third kappa shape index (κ3) is 3.61. The molecule has 0 aliphatic carbocycles. The van der Waals surface area contributed by atoms with E-state index in [1.807, 2.05) is 7.05 Å². The largest absolute Gasteiger partial charge is 0.377 e. The van der Waals surface area contributed by atoms with Gasteiger partial charge in [0.2, 0.25) is 0 Å². The van der Waals surface area contributed by atoms with Crippen LogP contribution in [0.25, 0.3) is 0 Å². The monoisotopic (exact) mass is 265 g/mol. The molecule has 0 bridgehead atoms. The Kier molecular flexibility index (Phi) is 4.66. The van der Waals surface area contributed by atoms with E-state index >= 15 is 0 Å². The number of halogens is 1. The highest BCUT2D eigenvalue weighted by Gasteiger charge is 2.27. The highest BCUT2D eigenvalue weighted by Crippen LogP contribution is 2.18. The molecule has 0 amide bonds. The van der Waals surface area contributed by atoms with Crippen LogP contribution in [0.3, 0.4) is 0 Å². The smallest absolute Gasteiger partial charge is 0.164 e. The summed E-state index contributed by atoms with van der Waals surface area (Å²) in [6.45, 7) is 3.56. The molecule has 1 aliphatic heterocycles. The van der Waals surface area contributed by atoms with Crippen molar-refractivity contribution in [3.63, 3.8) is 0 Å². The van der Waals surface area contributed by atoms with Crippen molar-refractivity contribution in [3.8, 4) is 0 Å². The van der Waals surface area contributed by atoms with Gasteiger partial charge in [-0.3, -0.25) is 4.79 Å². The van der Waals surface area contributed by atoms with Crippen molar-refractivity contribution < 1.29 is 13.9 Å². The fraction of sp³-hybridized carbons (Fsp3) is 0.533. The number of carbonyl (C=O) groups is 1. The zero-order chi connectivity index (χ0) is 13.8. The van der Waals surface area contributed by atoms with Gasteiger partial charge in [0.25, 0.3) is 0 Å². The number of ketones is 1. The zero-order valence-corrected chi connectivity index (χ0v) is 11.4. The summed E-state index contributed by atoms with van der Waals surface area (Å²) in [7, 11) is 2.02. The van der Waals surface area contributed by atoms with Crippen LogP contribution in [0.5, 0.6) is 0 Å². The van der Waals surface area contributed by atoms with Gasteiger partial charge in [-0.25, -0.2) is 4.39 Å². The second kappa shape index (κ2) is 6.26. The second-order valence-electron chi connectivity index (χ2n) is 5.09. The molecule has 1 aromatic rings. The van der Waals surface area contributed by atoms with Gasteiger partial charge >= 0.3 is 0 Å². The minimum absolute atomic E-state index is 0.0541. The highest BCUT2D eigenvalue weighted by molar-refractivity contribution is 5.96. The summed E-state index contributed by atoms with van der Waals surface area (Å²) < 4.78 is 18.3. The third-order valence-corrected chi connectivity index (χ3v) is 3.76. The summed E-state index contributed by atoms with van der Waals surface area (Å²) in [4.78, 5) is 14.2. The van der Waals surface area contributed by atoms with Gasteiger partial charge in [0.05, 0.1) is 6.10 Å². The highest BCUT2D eigenvalue weighted by atomic mass is 19.1. The van der Waals surface area contributed by atoms with E-state index in [4.69, 9.17) is 4.74 Å². The van der Waals surface area contributed by atoms with E-state index in [1.165, 1.54) is 12.1 Å². The fourth-order valence-corrected chi connectivity index (χ4v) is 2.52. The maximum Gasteiger partial charge on any atom is 0.164 e. The summed E-state index contributed by atoms with van der Waals surface area (Å²) in [5.41, 5.74) is 0.575. The number of Topliss-reactive ketones (excluding diaryl/α,β-unsaturated/α-hetero) is 1. The van der Waals surface area contributed by atoms with Gasteiger partial charge in [-0.1, -0.05) is 0 Å². The lowest BCUT2D eigenvalue weighted by atomic mass is 10.1. The third-order valence-electron chi connectivity index (χ3n) is 3.76. The van der Waals surface area contributed by atoms with Gasteiger partial charge in [-0.05, 0) is 44.7 Å². The Morgan fingerprint density at radius 1 is 1.42 bits per heavy atom. The first-order valence-electron chi connectivity index (χ1n) is 6.68. The van der Waals surface area contributed by atoms with Crippen LogP contribution in [-0.2, 0) is 4.74 Å². The number of carbonyl (C=O) groups excluding carboxylic acids is 1. The Morgan fingerprint density at radius 3 is 2.68 bits per heavy atom. The van der Waals surface area contributed by atoms with Crippen molar-refractivity contribution in [2.75, 3.05) is 20.2 Å². The van der Waals surface area contributed by atoms with Crippen molar-refractivity contribution >= 4 is 5.78 Å². The lowest BCUT2D eigenvalue weighted by Crippen LogP contribution is -2.37. The number of rotatable bonds is 5. The number of benzene rings is 1. The standard InChI is InChI=1S/C15H20FNO2/c1-11-14(8-10-19-11)17(2)9-7-15(18)12-3-5-13(16)6-4-12/h3-6,11,14H,7-10H2,1-2H3. The van der Waals surface area contributed by atoms with Gasteiger partial charge in [0.1, 0.15) is 5.82 Å². The normalized spacial score (nSPS) is 22.9. The minimum Gasteiger partial charge on any atom is -0.377 e. The van der Waals surface area contributed by atoms with Crippen molar-refractivity contribution in [2.24, 2.45) is 0 Å². The Balaban J connectivity index is 1.84. The predicted molar refractivity (Wildman–Crippen MR) is 71.8 cm³/mol. The zero-order valence-electron chi connectivity index (χ0n) is 11.4. The van der Waals surface area contributed by atoms with E-state index in [2.05, 4.69) is 11.8 Å². The fourth-order valence-electron chi connectivity index (χ4n) is 2.52. The van der Waals surface area contributed by atoms with Gasteiger partial charge in [-0.15, -0.1) is 0 Å². The van der Waals surface area contributed by atoms with Crippen LogP contribution in [0.4, 0.5) is 4.39 Å². The Hall–Kier alpha value is -1.26. The van der Waals surface area contributed by atoms with Crippen molar-refractivity contribution in [1.82, 2.24) is 4.90 Å². The average molecular weight is 265 g/mol. The van der Waals surface area contributed by atoms with E-state index in [1.54, 1.807) is 12.1 Å². The minimum atomic E-state index is -0.314. The average Bonchev–Trinajstić information content (AvgIpc) is 2.83. The first kappa shape index (κ1) is 14.2. The molecule has 2 rings (SSSR count). The molecule has 0 radical (unpaired) electrons. The van der Waals surface area contributed by atoms with Gasteiger partial charge in [0, 0.05) is 31.2 Å². The second-order valence-corrected chi connectivity index (χ2v) is 5.09. The molecule has 1 heterocycles. The quantitative estimate of drug-likeness (QED) is 0.766. The molecule has 1 aromatic carbocycles. The van der Waals surface area contributed by atoms with Crippen LogP contribution in [0, 0.1) is 5.82 Å². The lowest BCUT2D eigenvalue weighted by molar-refractivity contribution is 0.0793. The van der Waals surface area contributed by atoms with E-state index in [0.29, 0.717) is 24.6 Å². The topological polar surface area (TPSA) is 29.5 Å². The molecule has 0 N–H and O–H groups in total. The molecular formula is C15H20FNO2.